The summed E-state index contributed by atoms with van der Waals surface area (Å²) in [5.41, 5.74) is 3.47. The van der Waals surface area contributed by atoms with Crippen LogP contribution in [0.1, 0.15) is 18.1 Å². The van der Waals surface area contributed by atoms with E-state index in [1.807, 2.05) is 37.3 Å². The highest BCUT2D eigenvalue weighted by Gasteiger charge is 2.26. The SMILES string of the molecule is COc1ccccc1N1CCN(C(C)C(=O)NCc2cccc(C)c2)CC1. The quantitative estimate of drug-likeness (QED) is 0.853. The third-order valence-corrected chi connectivity index (χ3v) is 5.22. The lowest BCUT2D eigenvalue weighted by Crippen LogP contribution is -2.53. The van der Waals surface area contributed by atoms with Gasteiger partial charge in [-0.1, -0.05) is 42.0 Å². The minimum absolute atomic E-state index is 0.0854. The molecule has 5 nitrogen and oxygen atoms in total. The predicted molar refractivity (Wildman–Crippen MR) is 109 cm³/mol. The predicted octanol–water partition coefficient (Wildman–Crippen LogP) is 2.83. The maximum Gasteiger partial charge on any atom is 0.237 e. The highest BCUT2D eigenvalue weighted by atomic mass is 16.5. The summed E-state index contributed by atoms with van der Waals surface area (Å²) in [6.07, 6.45) is 0. The van der Waals surface area contributed by atoms with Crippen molar-refractivity contribution in [3.05, 3.63) is 59.7 Å². The molecule has 3 rings (SSSR count). The fraction of sp³-hybridized carbons (Fsp3) is 0.409. The second kappa shape index (κ2) is 8.91. The number of nitrogens with zero attached hydrogens (tertiary/aromatic N) is 2. The Bertz CT molecular complexity index is 770. The van der Waals surface area contributed by atoms with E-state index in [9.17, 15) is 4.79 Å². The van der Waals surface area contributed by atoms with Gasteiger partial charge in [-0.05, 0) is 31.5 Å². The lowest BCUT2D eigenvalue weighted by molar-refractivity contribution is -0.126. The molecule has 0 aliphatic carbocycles. The van der Waals surface area contributed by atoms with Crippen molar-refractivity contribution in [3.63, 3.8) is 0 Å². The maximum absolute atomic E-state index is 12.6. The van der Waals surface area contributed by atoms with Gasteiger partial charge in [0, 0.05) is 32.7 Å². The first-order valence-corrected chi connectivity index (χ1v) is 9.54. The van der Waals surface area contributed by atoms with Crippen LogP contribution >= 0.6 is 0 Å². The first-order chi connectivity index (χ1) is 13.1. The van der Waals surface area contributed by atoms with E-state index in [1.54, 1.807) is 7.11 Å². The van der Waals surface area contributed by atoms with E-state index >= 15 is 0 Å². The van der Waals surface area contributed by atoms with E-state index in [1.165, 1.54) is 5.56 Å². The van der Waals surface area contributed by atoms with Crippen LogP contribution in [0.5, 0.6) is 5.75 Å². The van der Waals surface area contributed by atoms with Gasteiger partial charge in [-0.2, -0.15) is 0 Å². The van der Waals surface area contributed by atoms with E-state index in [0.29, 0.717) is 6.54 Å². The highest BCUT2D eigenvalue weighted by molar-refractivity contribution is 5.81. The topological polar surface area (TPSA) is 44.8 Å². The molecule has 1 heterocycles. The number of hydrogen-bond acceptors (Lipinski definition) is 4. The molecule has 0 saturated carbocycles. The standard InChI is InChI=1S/C22H29N3O2/c1-17-7-6-8-19(15-17)16-23-22(26)18(2)24-11-13-25(14-12-24)20-9-4-5-10-21(20)27-3/h4-10,15,18H,11-14,16H2,1-3H3,(H,23,26). The number of rotatable bonds is 6. The second-order valence-corrected chi connectivity index (χ2v) is 7.08. The molecule has 1 unspecified atom stereocenters. The highest BCUT2D eigenvalue weighted by Crippen LogP contribution is 2.28. The summed E-state index contributed by atoms with van der Waals surface area (Å²) in [5.74, 6) is 0.983. The molecule has 0 aromatic heterocycles. The van der Waals surface area contributed by atoms with Crippen LogP contribution in [0.4, 0.5) is 5.69 Å². The van der Waals surface area contributed by atoms with Crippen molar-refractivity contribution in [1.82, 2.24) is 10.2 Å². The monoisotopic (exact) mass is 367 g/mol. The molecule has 5 heteroatoms. The largest absolute Gasteiger partial charge is 0.495 e. The van der Waals surface area contributed by atoms with Crippen LogP contribution in [0, 0.1) is 6.92 Å². The van der Waals surface area contributed by atoms with Gasteiger partial charge in [0.05, 0.1) is 18.8 Å². The molecule has 1 amide bonds. The Kier molecular flexibility index (Phi) is 6.35. The van der Waals surface area contributed by atoms with Crippen LogP contribution in [0.3, 0.4) is 0 Å². The van der Waals surface area contributed by atoms with Crippen molar-refractivity contribution in [3.8, 4) is 5.75 Å². The van der Waals surface area contributed by atoms with Gasteiger partial charge in [-0.25, -0.2) is 0 Å². The molecule has 2 aromatic rings. The van der Waals surface area contributed by atoms with Gasteiger partial charge in [-0.15, -0.1) is 0 Å². The number of methoxy groups -OCH3 is 1. The van der Waals surface area contributed by atoms with Crippen molar-refractivity contribution in [2.75, 3.05) is 38.2 Å². The van der Waals surface area contributed by atoms with Gasteiger partial charge in [0.1, 0.15) is 5.75 Å². The zero-order valence-electron chi connectivity index (χ0n) is 16.4. The molecule has 1 aliphatic heterocycles. The van der Waals surface area contributed by atoms with Gasteiger partial charge >= 0.3 is 0 Å². The van der Waals surface area contributed by atoms with Crippen molar-refractivity contribution < 1.29 is 9.53 Å². The van der Waals surface area contributed by atoms with Crippen molar-refractivity contribution in [2.24, 2.45) is 0 Å². The number of para-hydroxylation sites is 2. The lowest BCUT2D eigenvalue weighted by atomic mass is 10.1. The molecule has 2 aromatic carbocycles. The molecule has 27 heavy (non-hydrogen) atoms. The lowest BCUT2D eigenvalue weighted by Gasteiger charge is -2.38. The van der Waals surface area contributed by atoms with Gasteiger partial charge in [0.2, 0.25) is 5.91 Å². The van der Waals surface area contributed by atoms with E-state index < -0.39 is 0 Å². The molecule has 1 aliphatic rings. The van der Waals surface area contributed by atoms with Crippen LogP contribution in [0.25, 0.3) is 0 Å². The number of hydrogen-bond donors (Lipinski definition) is 1. The number of anilines is 1. The van der Waals surface area contributed by atoms with Gasteiger partial charge in [0.25, 0.3) is 0 Å². The van der Waals surface area contributed by atoms with E-state index in [-0.39, 0.29) is 11.9 Å². The molecule has 1 atom stereocenters. The molecule has 0 radical (unpaired) electrons. The summed E-state index contributed by atoms with van der Waals surface area (Å²) in [6, 6.07) is 16.2. The molecule has 0 spiro atoms. The average Bonchev–Trinajstić information content (AvgIpc) is 2.71. The third kappa shape index (κ3) is 4.80. The summed E-state index contributed by atoms with van der Waals surface area (Å²) in [4.78, 5) is 17.1. The summed E-state index contributed by atoms with van der Waals surface area (Å²) < 4.78 is 5.47. The normalized spacial score (nSPS) is 16.0. The number of carbonyl (C=O) groups is 1. The molecular weight excluding hydrogens is 338 g/mol. The Hall–Kier alpha value is -2.53. The number of benzene rings is 2. The second-order valence-electron chi connectivity index (χ2n) is 7.08. The number of nitrogens with one attached hydrogen (secondary N) is 1. The minimum Gasteiger partial charge on any atom is -0.495 e. The van der Waals surface area contributed by atoms with Crippen LogP contribution in [-0.2, 0) is 11.3 Å². The zero-order valence-corrected chi connectivity index (χ0v) is 16.4. The number of carbonyl (C=O) groups excluding carboxylic acids is 1. The molecule has 1 fully saturated rings. The van der Waals surface area contributed by atoms with Gasteiger partial charge < -0.3 is 15.0 Å². The fourth-order valence-corrected chi connectivity index (χ4v) is 3.57. The smallest absolute Gasteiger partial charge is 0.237 e. The molecule has 1 N–H and O–H groups in total. The van der Waals surface area contributed by atoms with Crippen molar-refractivity contribution >= 4 is 11.6 Å². The molecule has 144 valence electrons. The minimum atomic E-state index is -0.130. The Morgan fingerprint density at radius 1 is 1.11 bits per heavy atom. The zero-order chi connectivity index (χ0) is 19.2. The Morgan fingerprint density at radius 3 is 2.56 bits per heavy atom. The first-order valence-electron chi connectivity index (χ1n) is 9.54. The van der Waals surface area contributed by atoms with E-state index in [2.05, 4.69) is 40.2 Å². The van der Waals surface area contributed by atoms with Crippen LogP contribution in [-0.4, -0.2) is 50.1 Å². The van der Waals surface area contributed by atoms with Gasteiger partial charge in [0.15, 0.2) is 0 Å². The summed E-state index contributed by atoms with van der Waals surface area (Å²) in [6.45, 7) is 8.12. The Labute approximate surface area is 161 Å². The number of ether oxygens (including phenoxy) is 1. The third-order valence-electron chi connectivity index (χ3n) is 5.22. The number of aryl methyl sites for hydroxylation is 1. The van der Waals surface area contributed by atoms with E-state index in [4.69, 9.17) is 4.74 Å². The van der Waals surface area contributed by atoms with Crippen LogP contribution < -0.4 is 15.0 Å². The first kappa shape index (κ1) is 19.2. The summed E-state index contributed by atoms with van der Waals surface area (Å²) >= 11 is 0. The summed E-state index contributed by atoms with van der Waals surface area (Å²) in [5, 5.41) is 3.07. The molecule has 1 saturated heterocycles. The average molecular weight is 367 g/mol. The maximum atomic E-state index is 12.6. The van der Waals surface area contributed by atoms with Crippen LogP contribution in [0.2, 0.25) is 0 Å². The Balaban J connectivity index is 1.51. The Morgan fingerprint density at radius 2 is 1.85 bits per heavy atom. The van der Waals surface area contributed by atoms with E-state index in [0.717, 1.165) is 43.2 Å². The number of piperazine rings is 1. The molecular formula is C22H29N3O2. The van der Waals surface area contributed by atoms with Crippen molar-refractivity contribution in [2.45, 2.75) is 26.4 Å². The van der Waals surface area contributed by atoms with Crippen molar-refractivity contribution in [1.29, 1.82) is 0 Å². The van der Waals surface area contributed by atoms with Crippen LogP contribution in [0.15, 0.2) is 48.5 Å². The summed E-state index contributed by atoms with van der Waals surface area (Å²) in [7, 11) is 1.70. The molecule has 0 bridgehead atoms. The number of amides is 1. The van der Waals surface area contributed by atoms with Gasteiger partial charge in [-0.3, -0.25) is 9.69 Å². The fourth-order valence-electron chi connectivity index (χ4n) is 3.57.